The van der Waals surface area contributed by atoms with E-state index in [1.54, 1.807) is 0 Å². The molecule has 2 fully saturated rings. The van der Waals surface area contributed by atoms with E-state index in [9.17, 15) is 0 Å². The third kappa shape index (κ3) is 1.82. The van der Waals surface area contributed by atoms with Crippen LogP contribution < -0.4 is 5.32 Å². The second-order valence-corrected chi connectivity index (χ2v) is 5.06. The van der Waals surface area contributed by atoms with Gasteiger partial charge >= 0.3 is 0 Å². The third-order valence-electron chi connectivity index (χ3n) is 3.80. The molecular formula is C11H21N. The van der Waals surface area contributed by atoms with E-state index >= 15 is 0 Å². The summed E-state index contributed by atoms with van der Waals surface area (Å²) in [4.78, 5) is 0. The lowest BCUT2D eigenvalue weighted by molar-refractivity contribution is 0.106. The molecule has 1 heterocycles. The SMILES string of the molecule is CC1(CC2CCNCC2)CCC1. The number of nitrogens with one attached hydrogen (secondary N) is 1. The van der Waals surface area contributed by atoms with Crippen molar-refractivity contribution in [1.82, 2.24) is 5.32 Å². The monoisotopic (exact) mass is 167 g/mol. The maximum atomic E-state index is 3.44. The third-order valence-corrected chi connectivity index (χ3v) is 3.80. The van der Waals surface area contributed by atoms with Gasteiger partial charge in [0.05, 0.1) is 0 Å². The molecule has 1 heteroatoms. The van der Waals surface area contributed by atoms with Crippen LogP contribution in [0.1, 0.15) is 45.4 Å². The summed E-state index contributed by atoms with van der Waals surface area (Å²) in [5.41, 5.74) is 0.752. The van der Waals surface area contributed by atoms with Gasteiger partial charge in [0.15, 0.2) is 0 Å². The van der Waals surface area contributed by atoms with Gasteiger partial charge in [-0.1, -0.05) is 13.3 Å². The predicted molar refractivity (Wildman–Crippen MR) is 52.2 cm³/mol. The highest BCUT2D eigenvalue weighted by Gasteiger charge is 2.34. The molecule has 1 aliphatic carbocycles. The van der Waals surface area contributed by atoms with Crippen molar-refractivity contribution in [3.63, 3.8) is 0 Å². The molecule has 0 aromatic rings. The van der Waals surface area contributed by atoms with Crippen LogP contribution in [0.2, 0.25) is 0 Å². The topological polar surface area (TPSA) is 12.0 Å². The molecule has 0 spiro atoms. The fourth-order valence-corrected chi connectivity index (χ4v) is 2.77. The molecule has 0 atom stereocenters. The second kappa shape index (κ2) is 3.37. The van der Waals surface area contributed by atoms with E-state index in [1.807, 2.05) is 0 Å². The van der Waals surface area contributed by atoms with E-state index in [1.165, 1.54) is 51.6 Å². The van der Waals surface area contributed by atoms with Crippen LogP contribution in [0.15, 0.2) is 0 Å². The maximum Gasteiger partial charge on any atom is -0.00463 e. The first-order valence-electron chi connectivity index (χ1n) is 5.49. The minimum absolute atomic E-state index is 0.752. The number of hydrogen-bond acceptors (Lipinski definition) is 1. The number of piperidine rings is 1. The van der Waals surface area contributed by atoms with Crippen LogP contribution in [0.4, 0.5) is 0 Å². The summed E-state index contributed by atoms with van der Waals surface area (Å²) in [5, 5.41) is 3.44. The van der Waals surface area contributed by atoms with Crippen molar-refractivity contribution >= 4 is 0 Å². The highest BCUT2D eigenvalue weighted by atomic mass is 14.9. The van der Waals surface area contributed by atoms with E-state index in [-0.39, 0.29) is 0 Å². The Hall–Kier alpha value is -0.0400. The van der Waals surface area contributed by atoms with Crippen molar-refractivity contribution in [2.24, 2.45) is 11.3 Å². The van der Waals surface area contributed by atoms with Crippen LogP contribution in [0.25, 0.3) is 0 Å². The Kier molecular flexibility index (Phi) is 2.40. The molecule has 1 saturated carbocycles. The highest BCUT2D eigenvalue weighted by molar-refractivity contribution is 4.86. The van der Waals surface area contributed by atoms with Crippen molar-refractivity contribution < 1.29 is 0 Å². The maximum absolute atomic E-state index is 3.44. The van der Waals surface area contributed by atoms with Crippen molar-refractivity contribution in [3.05, 3.63) is 0 Å². The van der Waals surface area contributed by atoms with Crippen LogP contribution in [0.3, 0.4) is 0 Å². The van der Waals surface area contributed by atoms with E-state index < -0.39 is 0 Å². The molecular weight excluding hydrogens is 146 g/mol. The largest absolute Gasteiger partial charge is 0.317 e. The first-order chi connectivity index (χ1) is 5.79. The lowest BCUT2D eigenvalue weighted by Gasteiger charge is -2.42. The smallest absolute Gasteiger partial charge is 0.00463 e. The molecule has 2 rings (SSSR count). The Bertz CT molecular complexity index is 143. The van der Waals surface area contributed by atoms with Crippen molar-refractivity contribution in [2.45, 2.75) is 45.4 Å². The Labute approximate surface area is 75.9 Å². The van der Waals surface area contributed by atoms with Crippen LogP contribution in [0.5, 0.6) is 0 Å². The lowest BCUT2D eigenvalue weighted by atomic mass is 9.65. The Balaban J connectivity index is 1.77. The second-order valence-electron chi connectivity index (χ2n) is 5.06. The molecule has 1 aliphatic heterocycles. The highest BCUT2D eigenvalue weighted by Crippen LogP contribution is 2.46. The molecule has 0 aromatic heterocycles. The average molecular weight is 167 g/mol. The first-order valence-corrected chi connectivity index (χ1v) is 5.49. The van der Waals surface area contributed by atoms with Crippen molar-refractivity contribution in [2.75, 3.05) is 13.1 Å². The summed E-state index contributed by atoms with van der Waals surface area (Å²) in [6, 6.07) is 0. The molecule has 2 aliphatic rings. The fraction of sp³-hybridized carbons (Fsp3) is 1.00. The zero-order valence-electron chi connectivity index (χ0n) is 8.23. The molecule has 0 unspecified atom stereocenters. The lowest BCUT2D eigenvalue weighted by Crippen LogP contribution is -2.34. The normalized spacial score (nSPS) is 29.8. The summed E-state index contributed by atoms with van der Waals surface area (Å²) in [5.74, 6) is 1.04. The molecule has 1 nitrogen and oxygen atoms in total. The van der Waals surface area contributed by atoms with Gasteiger partial charge < -0.3 is 5.32 Å². The van der Waals surface area contributed by atoms with Gasteiger partial charge in [-0.05, 0) is 56.5 Å². The minimum Gasteiger partial charge on any atom is -0.317 e. The standard InChI is InChI=1S/C11H21N/c1-11(5-2-6-11)9-10-3-7-12-8-4-10/h10,12H,2-9H2,1H3. The van der Waals surface area contributed by atoms with Gasteiger partial charge in [0.25, 0.3) is 0 Å². The van der Waals surface area contributed by atoms with Crippen LogP contribution in [-0.2, 0) is 0 Å². The fourth-order valence-electron chi connectivity index (χ4n) is 2.77. The zero-order valence-corrected chi connectivity index (χ0v) is 8.23. The van der Waals surface area contributed by atoms with Gasteiger partial charge in [-0.2, -0.15) is 0 Å². The van der Waals surface area contributed by atoms with Gasteiger partial charge in [-0.15, -0.1) is 0 Å². The molecule has 0 bridgehead atoms. The molecule has 1 N–H and O–H groups in total. The van der Waals surface area contributed by atoms with Crippen LogP contribution in [0, 0.1) is 11.3 Å². The summed E-state index contributed by atoms with van der Waals surface area (Å²) < 4.78 is 0. The molecule has 0 radical (unpaired) electrons. The van der Waals surface area contributed by atoms with E-state index in [2.05, 4.69) is 12.2 Å². The van der Waals surface area contributed by atoms with E-state index in [0.29, 0.717) is 0 Å². The van der Waals surface area contributed by atoms with Crippen molar-refractivity contribution in [3.8, 4) is 0 Å². The van der Waals surface area contributed by atoms with Crippen molar-refractivity contribution in [1.29, 1.82) is 0 Å². The summed E-state index contributed by atoms with van der Waals surface area (Å²) in [6.45, 7) is 5.01. The van der Waals surface area contributed by atoms with Gasteiger partial charge in [0.2, 0.25) is 0 Å². The molecule has 1 saturated heterocycles. The number of hydrogen-bond donors (Lipinski definition) is 1. The predicted octanol–water partition coefficient (Wildman–Crippen LogP) is 2.57. The zero-order chi connectivity index (χ0) is 8.44. The average Bonchev–Trinajstić information content (AvgIpc) is 2.04. The van der Waals surface area contributed by atoms with E-state index in [0.717, 1.165) is 11.3 Å². The van der Waals surface area contributed by atoms with Crippen LogP contribution in [-0.4, -0.2) is 13.1 Å². The minimum atomic E-state index is 0.752. The summed E-state index contributed by atoms with van der Waals surface area (Å²) >= 11 is 0. The molecule has 0 aromatic carbocycles. The first kappa shape index (κ1) is 8.55. The van der Waals surface area contributed by atoms with Gasteiger partial charge in [-0.25, -0.2) is 0 Å². The quantitative estimate of drug-likeness (QED) is 0.666. The number of rotatable bonds is 2. The van der Waals surface area contributed by atoms with Gasteiger partial charge in [-0.3, -0.25) is 0 Å². The summed E-state index contributed by atoms with van der Waals surface area (Å²) in [7, 11) is 0. The summed E-state index contributed by atoms with van der Waals surface area (Å²) in [6.07, 6.45) is 8.84. The molecule has 0 amide bonds. The molecule has 12 heavy (non-hydrogen) atoms. The Morgan fingerprint density at radius 2 is 1.92 bits per heavy atom. The van der Waals surface area contributed by atoms with E-state index in [4.69, 9.17) is 0 Å². The van der Waals surface area contributed by atoms with Gasteiger partial charge in [0, 0.05) is 0 Å². The van der Waals surface area contributed by atoms with Gasteiger partial charge in [0.1, 0.15) is 0 Å². The molecule has 70 valence electrons. The van der Waals surface area contributed by atoms with Crippen LogP contribution >= 0.6 is 0 Å². The Morgan fingerprint density at radius 3 is 2.42 bits per heavy atom. The Morgan fingerprint density at radius 1 is 1.25 bits per heavy atom.